The van der Waals surface area contributed by atoms with Crippen molar-refractivity contribution in [3.8, 4) is 17.2 Å². The molecule has 1 unspecified atom stereocenters. The van der Waals surface area contributed by atoms with Crippen molar-refractivity contribution in [3.63, 3.8) is 0 Å². The van der Waals surface area contributed by atoms with Crippen molar-refractivity contribution < 1.29 is 31.0 Å². The first kappa shape index (κ1) is 25.0. The van der Waals surface area contributed by atoms with E-state index in [0.717, 1.165) is 5.56 Å². The zero-order valence-electron chi connectivity index (χ0n) is 19.6. The van der Waals surface area contributed by atoms with Gasteiger partial charge < -0.3 is 19.5 Å². The minimum absolute atomic E-state index is 0.0703. The lowest BCUT2D eigenvalue weighted by Gasteiger charge is -2.18. The van der Waals surface area contributed by atoms with Gasteiger partial charge in [-0.2, -0.15) is 0 Å². The fourth-order valence-electron chi connectivity index (χ4n) is 4.35. The van der Waals surface area contributed by atoms with E-state index in [-0.39, 0.29) is 16.3 Å². The van der Waals surface area contributed by atoms with Gasteiger partial charge in [-0.3, -0.25) is 0 Å². The number of sulfone groups is 2. The van der Waals surface area contributed by atoms with E-state index in [1.807, 2.05) is 0 Å². The molecule has 8 nitrogen and oxygen atoms in total. The summed E-state index contributed by atoms with van der Waals surface area (Å²) in [6, 6.07) is 16.3. The molecule has 0 aromatic heterocycles. The molecule has 0 bridgehead atoms. The summed E-state index contributed by atoms with van der Waals surface area (Å²) in [6.07, 6.45) is 0. The van der Waals surface area contributed by atoms with Crippen LogP contribution in [0.1, 0.15) is 21.9 Å². The molecule has 4 rings (SSSR count). The normalized spacial score (nSPS) is 16.5. The zero-order valence-corrected chi connectivity index (χ0v) is 21.3. The topological polar surface area (TPSA) is 108 Å². The molecule has 1 atom stereocenters. The van der Waals surface area contributed by atoms with Crippen molar-refractivity contribution in [2.75, 3.05) is 27.1 Å². The molecule has 1 N–H and O–H groups in total. The van der Waals surface area contributed by atoms with Crippen LogP contribution >= 0.6 is 0 Å². The second kappa shape index (κ2) is 9.88. The molecule has 1 heterocycles. The maximum atomic E-state index is 13.4. The highest BCUT2D eigenvalue weighted by Crippen LogP contribution is 2.43. The maximum Gasteiger partial charge on any atom is 0.186 e. The summed E-state index contributed by atoms with van der Waals surface area (Å²) in [5, 5.41) is 2.11. The molecule has 3 aromatic carbocycles. The van der Waals surface area contributed by atoms with E-state index < -0.39 is 30.7 Å². The van der Waals surface area contributed by atoms with Crippen molar-refractivity contribution in [1.82, 2.24) is 5.32 Å². The highest BCUT2D eigenvalue weighted by atomic mass is 32.2. The van der Waals surface area contributed by atoms with Crippen LogP contribution in [0.2, 0.25) is 0 Å². The monoisotopic (exact) mass is 517 g/mol. The third-order valence-electron chi connectivity index (χ3n) is 6.06. The van der Waals surface area contributed by atoms with Crippen LogP contribution in [0.25, 0.3) is 0 Å². The van der Waals surface area contributed by atoms with Gasteiger partial charge in [0.2, 0.25) is 0 Å². The first-order chi connectivity index (χ1) is 16.7. The summed E-state index contributed by atoms with van der Waals surface area (Å²) < 4.78 is 68.9. The Labute approximate surface area is 205 Å². The van der Waals surface area contributed by atoms with E-state index in [1.54, 1.807) is 63.8 Å². The Bertz CT molecular complexity index is 1410. The third kappa shape index (κ3) is 4.73. The number of hydrogen-bond donors (Lipinski definition) is 1. The van der Waals surface area contributed by atoms with Crippen LogP contribution in [-0.2, 0) is 32.8 Å². The fourth-order valence-corrected chi connectivity index (χ4v) is 8.77. The molecule has 0 fully saturated rings. The predicted octanol–water partition coefficient (Wildman–Crippen LogP) is 3.30. The van der Waals surface area contributed by atoms with Crippen LogP contribution < -0.4 is 19.5 Å². The minimum Gasteiger partial charge on any atom is -0.496 e. The molecular weight excluding hydrogens is 490 g/mol. The number of benzene rings is 3. The molecule has 0 saturated heterocycles. The summed E-state index contributed by atoms with van der Waals surface area (Å²) >= 11 is 0. The Balaban J connectivity index is 1.67. The first-order valence-corrected chi connectivity index (χ1v) is 14.1. The average Bonchev–Trinajstić information content (AvgIpc) is 3.16. The molecule has 186 valence electrons. The number of hydrogen-bond acceptors (Lipinski definition) is 8. The van der Waals surface area contributed by atoms with Crippen molar-refractivity contribution in [2.45, 2.75) is 28.1 Å². The molecule has 35 heavy (non-hydrogen) atoms. The summed E-state index contributed by atoms with van der Waals surface area (Å²) in [6.45, 7) is 0.584. The Morgan fingerprint density at radius 2 is 1.54 bits per heavy atom. The molecule has 0 spiro atoms. The van der Waals surface area contributed by atoms with E-state index in [0.29, 0.717) is 34.9 Å². The molecule has 3 aromatic rings. The number of ether oxygens (including phenoxy) is 3. The van der Waals surface area contributed by atoms with Gasteiger partial charge in [-0.05, 0) is 29.3 Å². The number of nitrogens with one attached hydrogen (secondary N) is 1. The van der Waals surface area contributed by atoms with Crippen molar-refractivity contribution in [2.24, 2.45) is 0 Å². The fraction of sp³-hybridized carbons (Fsp3) is 0.280. The van der Waals surface area contributed by atoms with Gasteiger partial charge in [0, 0.05) is 25.2 Å². The Kier molecular flexibility index (Phi) is 7.07. The SMILES string of the molecule is COc1cc(OC)c(CNCc2cccc3c2C(S(=O)(=O)c2ccccc2)CS3(=O)=O)c(OC)c1. The van der Waals surface area contributed by atoms with Crippen LogP contribution in [0.3, 0.4) is 0 Å². The van der Waals surface area contributed by atoms with Crippen LogP contribution in [0.15, 0.2) is 70.5 Å². The number of rotatable bonds is 9. The zero-order chi connectivity index (χ0) is 25.2. The largest absolute Gasteiger partial charge is 0.496 e. The van der Waals surface area contributed by atoms with Gasteiger partial charge in [-0.1, -0.05) is 30.3 Å². The van der Waals surface area contributed by atoms with E-state index >= 15 is 0 Å². The van der Waals surface area contributed by atoms with Gasteiger partial charge in [0.25, 0.3) is 0 Å². The average molecular weight is 518 g/mol. The van der Waals surface area contributed by atoms with Crippen LogP contribution in [0.4, 0.5) is 0 Å². The standard InChI is InChI=1S/C25H27NO7S2/c1-31-18-12-21(32-2)20(22(13-18)33-3)15-26-14-17-8-7-11-23-25(17)24(16-34(23,27)28)35(29,30)19-9-5-4-6-10-19/h4-13,24,26H,14-16H2,1-3H3. The second-order valence-corrected chi connectivity index (χ2v) is 12.2. The Hall–Kier alpha value is -3.08. The van der Waals surface area contributed by atoms with Gasteiger partial charge in [0.1, 0.15) is 22.5 Å². The van der Waals surface area contributed by atoms with E-state index in [2.05, 4.69) is 5.32 Å². The van der Waals surface area contributed by atoms with Crippen LogP contribution in [0.5, 0.6) is 17.2 Å². The molecule has 1 aliphatic rings. The first-order valence-electron chi connectivity index (χ1n) is 10.9. The Morgan fingerprint density at radius 3 is 2.14 bits per heavy atom. The summed E-state index contributed by atoms with van der Waals surface area (Å²) in [4.78, 5) is 0.171. The summed E-state index contributed by atoms with van der Waals surface area (Å²) in [5.74, 6) is 1.25. The van der Waals surface area contributed by atoms with Gasteiger partial charge in [0.05, 0.1) is 42.4 Å². The van der Waals surface area contributed by atoms with E-state index in [1.165, 1.54) is 18.2 Å². The molecule has 10 heteroatoms. The lowest BCUT2D eigenvalue weighted by molar-refractivity contribution is 0.366. The van der Waals surface area contributed by atoms with Crippen molar-refractivity contribution in [1.29, 1.82) is 0 Å². The molecule has 0 aliphatic carbocycles. The van der Waals surface area contributed by atoms with E-state index in [9.17, 15) is 16.8 Å². The minimum atomic E-state index is -3.91. The Morgan fingerprint density at radius 1 is 0.886 bits per heavy atom. The molecule has 0 amide bonds. The molecule has 0 saturated carbocycles. The predicted molar refractivity (Wildman–Crippen MR) is 132 cm³/mol. The molecular formula is C25H27NO7S2. The lowest BCUT2D eigenvalue weighted by Crippen LogP contribution is -2.19. The third-order valence-corrected chi connectivity index (χ3v) is 10.2. The van der Waals surface area contributed by atoms with Gasteiger partial charge in [0.15, 0.2) is 19.7 Å². The van der Waals surface area contributed by atoms with Crippen LogP contribution in [0, 0.1) is 0 Å². The molecule has 1 aliphatic heterocycles. The second-order valence-electron chi connectivity index (χ2n) is 8.07. The number of fused-ring (bicyclic) bond motifs is 1. The molecule has 0 radical (unpaired) electrons. The van der Waals surface area contributed by atoms with Gasteiger partial charge in [-0.25, -0.2) is 16.8 Å². The highest BCUT2D eigenvalue weighted by molar-refractivity contribution is 7.96. The maximum absolute atomic E-state index is 13.4. The lowest BCUT2D eigenvalue weighted by atomic mass is 10.0. The van der Waals surface area contributed by atoms with Crippen molar-refractivity contribution >= 4 is 19.7 Å². The highest BCUT2D eigenvalue weighted by Gasteiger charge is 2.44. The summed E-state index contributed by atoms with van der Waals surface area (Å²) in [5.41, 5.74) is 1.70. The summed E-state index contributed by atoms with van der Waals surface area (Å²) in [7, 11) is -3.00. The van der Waals surface area contributed by atoms with Crippen LogP contribution in [-0.4, -0.2) is 43.9 Å². The smallest absolute Gasteiger partial charge is 0.186 e. The van der Waals surface area contributed by atoms with E-state index in [4.69, 9.17) is 14.2 Å². The van der Waals surface area contributed by atoms with Gasteiger partial charge in [-0.15, -0.1) is 0 Å². The number of methoxy groups -OCH3 is 3. The van der Waals surface area contributed by atoms with Crippen molar-refractivity contribution in [3.05, 3.63) is 77.4 Å². The quantitative estimate of drug-likeness (QED) is 0.461. The van der Waals surface area contributed by atoms with Gasteiger partial charge >= 0.3 is 0 Å².